The van der Waals surface area contributed by atoms with Crippen LogP contribution in [0.4, 0.5) is 0 Å². The van der Waals surface area contributed by atoms with Gasteiger partial charge in [0.15, 0.2) is 0 Å². The molecule has 16 heavy (non-hydrogen) atoms. The third-order valence-corrected chi connectivity index (χ3v) is 2.67. The maximum atomic E-state index is 11.9. The smallest absolute Gasteiger partial charge is 0.328 e. The van der Waals surface area contributed by atoms with Gasteiger partial charge in [0, 0.05) is 12.6 Å². The Labute approximate surface area is 96.3 Å². The molecule has 1 saturated heterocycles. The van der Waals surface area contributed by atoms with Gasteiger partial charge in [0.25, 0.3) is 0 Å². The van der Waals surface area contributed by atoms with Crippen LogP contribution in [0, 0.1) is 0 Å². The van der Waals surface area contributed by atoms with Crippen LogP contribution in [-0.2, 0) is 14.3 Å². The lowest BCUT2D eigenvalue weighted by Gasteiger charge is -2.33. The van der Waals surface area contributed by atoms with E-state index in [9.17, 15) is 9.59 Å². The highest BCUT2D eigenvalue weighted by molar-refractivity contribution is 5.92. The van der Waals surface area contributed by atoms with E-state index in [-0.39, 0.29) is 11.9 Å². The van der Waals surface area contributed by atoms with E-state index in [2.05, 4.69) is 0 Å². The Balaban J connectivity index is 2.78. The number of nitrogens with zero attached hydrogens (tertiary/aromatic N) is 1. The van der Waals surface area contributed by atoms with Gasteiger partial charge < -0.3 is 9.64 Å². The van der Waals surface area contributed by atoms with Gasteiger partial charge in [0.2, 0.25) is 5.91 Å². The molecule has 1 fully saturated rings. The molecule has 4 heteroatoms. The number of rotatable bonds is 2. The SMILES string of the molecule is COC(=O)C1CCCCN1C(=O)C=C(C)C. The number of piperidine rings is 1. The number of ether oxygens (including phenoxy) is 1. The summed E-state index contributed by atoms with van der Waals surface area (Å²) < 4.78 is 4.72. The Morgan fingerprint density at radius 1 is 1.31 bits per heavy atom. The van der Waals surface area contributed by atoms with Gasteiger partial charge in [-0.05, 0) is 33.1 Å². The first kappa shape index (κ1) is 12.7. The molecule has 0 bridgehead atoms. The van der Waals surface area contributed by atoms with E-state index in [4.69, 9.17) is 4.74 Å². The maximum Gasteiger partial charge on any atom is 0.328 e. The topological polar surface area (TPSA) is 46.6 Å². The zero-order valence-electron chi connectivity index (χ0n) is 10.2. The summed E-state index contributed by atoms with van der Waals surface area (Å²) in [6, 6.07) is -0.401. The molecule has 0 aromatic rings. The van der Waals surface area contributed by atoms with Gasteiger partial charge in [-0.2, -0.15) is 0 Å². The highest BCUT2D eigenvalue weighted by Crippen LogP contribution is 2.18. The molecule has 0 aromatic heterocycles. The van der Waals surface area contributed by atoms with Crippen molar-refractivity contribution in [3.63, 3.8) is 0 Å². The van der Waals surface area contributed by atoms with Crippen LogP contribution in [0.3, 0.4) is 0 Å². The van der Waals surface area contributed by atoms with E-state index in [0.29, 0.717) is 13.0 Å². The number of hydrogen-bond donors (Lipinski definition) is 0. The first-order chi connectivity index (χ1) is 7.56. The van der Waals surface area contributed by atoms with Crippen molar-refractivity contribution in [3.05, 3.63) is 11.6 Å². The molecule has 1 heterocycles. The number of carbonyl (C=O) groups is 2. The summed E-state index contributed by atoms with van der Waals surface area (Å²) >= 11 is 0. The van der Waals surface area contributed by atoms with Crippen molar-refractivity contribution in [2.75, 3.05) is 13.7 Å². The number of hydrogen-bond acceptors (Lipinski definition) is 3. The minimum absolute atomic E-state index is 0.0879. The fraction of sp³-hybridized carbons (Fsp3) is 0.667. The molecule has 90 valence electrons. The van der Waals surface area contributed by atoms with Gasteiger partial charge in [0.05, 0.1) is 7.11 Å². The van der Waals surface area contributed by atoms with Crippen LogP contribution in [0.15, 0.2) is 11.6 Å². The molecule has 1 rings (SSSR count). The molecule has 1 aliphatic rings. The number of methoxy groups -OCH3 is 1. The standard InChI is InChI=1S/C12H19NO3/c1-9(2)8-11(14)13-7-5-4-6-10(13)12(15)16-3/h8,10H,4-7H2,1-3H3. The molecule has 1 atom stereocenters. The maximum absolute atomic E-state index is 11.9. The molecule has 0 N–H and O–H groups in total. The van der Waals surface area contributed by atoms with E-state index in [1.807, 2.05) is 13.8 Å². The van der Waals surface area contributed by atoms with Gasteiger partial charge in [0.1, 0.15) is 6.04 Å². The predicted octanol–water partition coefficient (Wildman–Crippen LogP) is 1.51. The van der Waals surface area contributed by atoms with Crippen molar-refractivity contribution in [1.29, 1.82) is 0 Å². The molecular weight excluding hydrogens is 206 g/mol. The zero-order chi connectivity index (χ0) is 12.1. The van der Waals surface area contributed by atoms with Gasteiger partial charge in [-0.15, -0.1) is 0 Å². The van der Waals surface area contributed by atoms with Crippen LogP contribution < -0.4 is 0 Å². The number of allylic oxidation sites excluding steroid dienone is 1. The zero-order valence-corrected chi connectivity index (χ0v) is 10.2. The van der Waals surface area contributed by atoms with Crippen molar-refractivity contribution < 1.29 is 14.3 Å². The summed E-state index contributed by atoms with van der Waals surface area (Å²) in [4.78, 5) is 25.0. The summed E-state index contributed by atoms with van der Waals surface area (Å²) in [5.41, 5.74) is 0.944. The Morgan fingerprint density at radius 3 is 2.56 bits per heavy atom. The second-order valence-electron chi connectivity index (χ2n) is 4.29. The molecule has 1 aliphatic heterocycles. The fourth-order valence-electron chi connectivity index (χ4n) is 1.91. The minimum atomic E-state index is -0.401. The Kier molecular flexibility index (Phi) is 4.52. The van der Waals surface area contributed by atoms with E-state index in [1.54, 1.807) is 11.0 Å². The highest BCUT2D eigenvalue weighted by atomic mass is 16.5. The second kappa shape index (κ2) is 5.68. The third-order valence-electron chi connectivity index (χ3n) is 2.67. The minimum Gasteiger partial charge on any atom is -0.467 e. The first-order valence-corrected chi connectivity index (χ1v) is 5.59. The van der Waals surface area contributed by atoms with Crippen molar-refractivity contribution in [3.8, 4) is 0 Å². The quantitative estimate of drug-likeness (QED) is 0.528. The van der Waals surface area contributed by atoms with Crippen molar-refractivity contribution in [1.82, 2.24) is 4.90 Å². The number of amides is 1. The summed E-state index contributed by atoms with van der Waals surface area (Å²) in [5, 5.41) is 0. The van der Waals surface area contributed by atoms with Crippen LogP contribution in [0.1, 0.15) is 33.1 Å². The number of likely N-dealkylation sites (tertiary alicyclic amines) is 1. The molecule has 4 nitrogen and oxygen atoms in total. The second-order valence-corrected chi connectivity index (χ2v) is 4.29. The summed E-state index contributed by atoms with van der Waals surface area (Å²) in [6.45, 7) is 4.38. The van der Waals surface area contributed by atoms with Crippen LogP contribution >= 0.6 is 0 Å². The Morgan fingerprint density at radius 2 is 2.00 bits per heavy atom. The lowest BCUT2D eigenvalue weighted by molar-refractivity contribution is -0.153. The average molecular weight is 225 g/mol. The first-order valence-electron chi connectivity index (χ1n) is 5.59. The normalized spacial score (nSPS) is 20.2. The van der Waals surface area contributed by atoms with Crippen molar-refractivity contribution in [2.45, 2.75) is 39.2 Å². The van der Waals surface area contributed by atoms with E-state index in [1.165, 1.54) is 7.11 Å². The van der Waals surface area contributed by atoms with Gasteiger partial charge >= 0.3 is 5.97 Å². The monoisotopic (exact) mass is 225 g/mol. The predicted molar refractivity (Wildman–Crippen MR) is 60.8 cm³/mol. The molecular formula is C12H19NO3. The molecule has 1 unspecified atom stereocenters. The lowest BCUT2D eigenvalue weighted by Crippen LogP contribution is -2.47. The molecule has 1 amide bonds. The number of carbonyl (C=O) groups excluding carboxylic acids is 2. The Bertz CT molecular complexity index is 305. The molecule has 0 aromatic carbocycles. The van der Waals surface area contributed by atoms with E-state index >= 15 is 0 Å². The van der Waals surface area contributed by atoms with Gasteiger partial charge in [-0.1, -0.05) is 5.57 Å². The molecule has 0 saturated carbocycles. The summed E-state index contributed by atoms with van der Waals surface area (Å²) in [6.07, 6.45) is 4.20. The largest absolute Gasteiger partial charge is 0.467 e. The summed E-state index contributed by atoms with van der Waals surface area (Å²) in [5.74, 6) is -0.398. The van der Waals surface area contributed by atoms with Crippen LogP contribution in [-0.4, -0.2) is 36.5 Å². The molecule has 0 radical (unpaired) electrons. The third kappa shape index (κ3) is 3.08. The highest BCUT2D eigenvalue weighted by Gasteiger charge is 2.31. The lowest BCUT2D eigenvalue weighted by atomic mass is 10.0. The Hall–Kier alpha value is -1.32. The van der Waals surface area contributed by atoms with Crippen LogP contribution in [0.5, 0.6) is 0 Å². The van der Waals surface area contributed by atoms with E-state index < -0.39 is 6.04 Å². The van der Waals surface area contributed by atoms with E-state index in [0.717, 1.165) is 18.4 Å². The van der Waals surface area contributed by atoms with Crippen LogP contribution in [0.2, 0.25) is 0 Å². The number of esters is 1. The molecule has 0 spiro atoms. The average Bonchev–Trinajstić information content (AvgIpc) is 2.27. The van der Waals surface area contributed by atoms with Crippen LogP contribution in [0.25, 0.3) is 0 Å². The van der Waals surface area contributed by atoms with Gasteiger partial charge in [-0.25, -0.2) is 4.79 Å². The van der Waals surface area contributed by atoms with Gasteiger partial charge in [-0.3, -0.25) is 4.79 Å². The van der Waals surface area contributed by atoms with Crippen molar-refractivity contribution >= 4 is 11.9 Å². The molecule has 0 aliphatic carbocycles. The summed E-state index contributed by atoms with van der Waals surface area (Å²) in [7, 11) is 1.36. The van der Waals surface area contributed by atoms with Crippen molar-refractivity contribution in [2.24, 2.45) is 0 Å². The fourth-order valence-corrected chi connectivity index (χ4v) is 1.91.